The van der Waals surface area contributed by atoms with Crippen LogP contribution in [0.5, 0.6) is 0 Å². The first kappa shape index (κ1) is 18.4. The Morgan fingerprint density at radius 3 is 2.52 bits per heavy atom. The molecule has 158 valence electrons. The molecule has 2 bridgehead atoms. The number of anilines is 1. The van der Waals surface area contributed by atoms with E-state index < -0.39 is 0 Å². The highest BCUT2D eigenvalue weighted by Crippen LogP contribution is 2.40. The lowest BCUT2D eigenvalue weighted by atomic mass is 10.0. The number of hydrogen-bond acceptors (Lipinski definition) is 6. The van der Waals surface area contributed by atoms with E-state index in [0.29, 0.717) is 29.0 Å². The van der Waals surface area contributed by atoms with Crippen LogP contribution in [0, 0.1) is 18.8 Å². The van der Waals surface area contributed by atoms with Crippen molar-refractivity contribution in [2.75, 3.05) is 18.4 Å². The average Bonchev–Trinajstić information content (AvgIpc) is 3.56. The molecular formula is C23H24N6O2. The molecular weight excluding hydrogens is 392 g/mol. The number of nitrogens with one attached hydrogen (secondary N) is 1. The number of carbonyl (C=O) groups is 1. The molecule has 2 fully saturated rings. The number of furan rings is 2. The van der Waals surface area contributed by atoms with E-state index in [1.54, 1.807) is 0 Å². The third kappa shape index (κ3) is 3.05. The topological polar surface area (TPSA) is 89.1 Å². The van der Waals surface area contributed by atoms with Gasteiger partial charge >= 0.3 is 0 Å². The van der Waals surface area contributed by atoms with E-state index >= 15 is 0 Å². The highest BCUT2D eigenvalue weighted by atomic mass is 16.3. The fourth-order valence-electron chi connectivity index (χ4n) is 5.37. The maximum absolute atomic E-state index is 12.9. The van der Waals surface area contributed by atoms with Crippen LogP contribution in [0.4, 0.5) is 5.82 Å². The van der Waals surface area contributed by atoms with Crippen LogP contribution in [0.3, 0.4) is 0 Å². The zero-order valence-corrected chi connectivity index (χ0v) is 17.6. The van der Waals surface area contributed by atoms with Crippen molar-refractivity contribution in [3.8, 4) is 11.4 Å². The van der Waals surface area contributed by atoms with E-state index in [0.717, 1.165) is 54.3 Å². The SMILES string of the molecule is Cc1cnn(C)c1-c1ccc(NC2C[C@@H]3CN(C(=O)c4cc5ccc4o5)C[C@@H]3C2)nn1. The number of hydrogen-bond donors (Lipinski definition) is 1. The van der Waals surface area contributed by atoms with Gasteiger partial charge in [-0.25, -0.2) is 0 Å². The first-order chi connectivity index (χ1) is 15.0. The van der Waals surface area contributed by atoms with Gasteiger partial charge in [-0.15, -0.1) is 10.2 Å². The zero-order chi connectivity index (χ0) is 21.1. The molecule has 0 aromatic carbocycles. The minimum absolute atomic E-state index is 0.0974. The van der Waals surface area contributed by atoms with Gasteiger partial charge in [-0.3, -0.25) is 9.48 Å². The molecule has 1 aliphatic heterocycles. The van der Waals surface area contributed by atoms with E-state index in [-0.39, 0.29) is 5.91 Å². The number of amides is 1. The highest BCUT2D eigenvalue weighted by Gasteiger charge is 2.43. The molecule has 1 N–H and O–H groups in total. The third-order valence-corrected chi connectivity index (χ3v) is 6.83. The molecule has 6 rings (SSSR count). The maximum Gasteiger partial charge on any atom is 0.257 e. The van der Waals surface area contributed by atoms with Crippen LogP contribution >= 0.6 is 0 Å². The van der Waals surface area contributed by atoms with Gasteiger partial charge in [-0.2, -0.15) is 5.10 Å². The molecule has 0 spiro atoms. The lowest BCUT2D eigenvalue weighted by molar-refractivity contribution is 0.0781. The third-order valence-electron chi connectivity index (χ3n) is 6.83. The number of aryl methyl sites for hydroxylation is 2. The van der Waals surface area contributed by atoms with Gasteiger partial charge in [-0.1, -0.05) is 0 Å². The second-order valence-corrected chi connectivity index (χ2v) is 8.91. The number of rotatable bonds is 4. The Kier molecular flexibility index (Phi) is 4.03. The van der Waals surface area contributed by atoms with Crippen LogP contribution in [-0.4, -0.2) is 49.9 Å². The molecule has 1 aliphatic carbocycles. The molecule has 1 amide bonds. The Morgan fingerprint density at radius 1 is 1.13 bits per heavy atom. The Morgan fingerprint density at radius 2 is 1.94 bits per heavy atom. The summed E-state index contributed by atoms with van der Waals surface area (Å²) in [6.07, 6.45) is 3.92. The summed E-state index contributed by atoms with van der Waals surface area (Å²) in [5.41, 5.74) is 5.06. The summed E-state index contributed by atoms with van der Waals surface area (Å²) in [5.74, 6) is 1.95. The van der Waals surface area contributed by atoms with E-state index in [1.165, 1.54) is 0 Å². The fraction of sp³-hybridized carbons (Fsp3) is 0.391. The summed E-state index contributed by atoms with van der Waals surface area (Å²) in [6.45, 7) is 3.65. The molecule has 3 atom stereocenters. The second kappa shape index (κ2) is 6.80. The molecule has 8 heteroatoms. The van der Waals surface area contributed by atoms with Crippen molar-refractivity contribution in [2.24, 2.45) is 18.9 Å². The van der Waals surface area contributed by atoms with Crippen molar-refractivity contribution in [3.63, 3.8) is 0 Å². The van der Waals surface area contributed by atoms with Gasteiger partial charge in [0.15, 0.2) is 0 Å². The number of benzene rings is 1. The molecule has 4 aromatic heterocycles. The summed E-state index contributed by atoms with van der Waals surface area (Å²) in [6, 6.07) is 9.97. The second-order valence-electron chi connectivity index (χ2n) is 8.91. The van der Waals surface area contributed by atoms with Gasteiger partial charge in [0.2, 0.25) is 0 Å². The van der Waals surface area contributed by atoms with Crippen molar-refractivity contribution < 1.29 is 9.21 Å². The maximum atomic E-state index is 12.9. The van der Waals surface area contributed by atoms with Crippen LogP contribution in [-0.2, 0) is 7.05 Å². The average molecular weight is 416 g/mol. The molecule has 0 radical (unpaired) electrons. The molecule has 5 heterocycles. The lowest BCUT2D eigenvalue weighted by Crippen LogP contribution is -2.31. The van der Waals surface area contributed by atoms with Gasteiger partial charge in [0, 0.05) is 26.2 Å². The molecule has 1 saturated heterocycles. The Hall–Kier alpha value is -3.42. The number of fused-ring (bicyclic) bond motifs is 3. The summed E-state index contributed by atoms with van der Waals surface area (Å²) in [4.78, 5) is 14.9. The Balaban J connectivity index is 1.08. The number of likely N-dealkylation sites (tertiary alicyclic amines) is 1. The molecule has 8 nitrogen and oxygen atoms in total. The van der Waals surface area contributed by atoms with Gasteiger partial charge in [0.05, 0.1) is 17.5 Å². The Bertz CT molecular complexity index is 1210. The molecule has 1 saturated carbocycles. The van der Waals surface area contributed by atoms with E-state index in [2.05, 4.69) is 20.6 Å². The van der Waals surface area contributed by atoms with Crippen molar-refractivity contribution in [1.82, 2.24) is 24.9 Å². The molecule has 31 heavy (non-hydrogen) atoms. The van der Waals surface area contributed by atoms with Gasteiger partial charge in [0.1, 0.15) is 22.7 Å². The summed E-state index contributed by atoms with van der Waals surface area (Å²) < 4.78 is 7.37. The first-order valence-electron chi connectivity index (χ1n) is 10.8. The normalized spacial score (nSPS) is 23.0. The van der Waals surface area contributed by atoms with Crippen molar-refractivity contribution in [3.05, 3.63) is 47.7 Å². The van der Waals surface area contributed by atoms with E-state index in [9.17, 15) is 4.79 Å². The smallest absolute Gasteiger partial charge is 0.257 e. The van der Waals surface area contributed by atoms with Crippen LogP contribution in [0.2, 0.25) is 0 Å². The van der Waals surface area contributed by atoms with Gasteiger partial charge in [-0.05, 0) is 67.5 Å². The summed E-state index contributed by atoms with van der Waals surface area (Å²) >= 11 is 0. The fourth-order valence-corrected chi connectivity index (χ4v) is 5.37. The van der Waals surface area contributed by atoms with Gasteiger partial charge in [0.25, 0.3) is 5.91 Å². The minimum Gasteiger partial charge on any atom is -0.457 e. The quantitative estimate of drug-likeness (QED) is 0.549. The van der Waals surface area contributed by atoms with Gasteiger partial charge < -0.3 is 14.6 Å². The molecule has 1 unspecified atom stereocenters. The number of aromatic nitrogens is 4. The number of carbonyl (C=O) groups excluding carboxylic acids is 1. The largest absolute Gasteiger partial charge is 0.457 e. The van der Waals surface area contributed by atoms with E-state index in [1.807, 2.05) is 60.1 Å². The monoisotopic (exact) mass is 416 g/mol. The van der Waals surface area contributed by atoms with Crippen LogP contribution in [0.25, 0.3) is 22.6 Å². The molecule has 4 aromatic rings. The predicted molar refractivity (Wildman–Crippen MR) is 116 cm³/mol. The standard InChI is InChI=1S/C23H24N6O2/c1-13-10-24-28(2)22(13)19-4-6-21(27-26-19)25-16-7-14-11-29(12-15(14)8-16)23(30)18-9-17-3-5-20(18)31-17/h3-6,9-10,14-16H,7-8,11-12H2,1-2H3,(H,25,27)/t14-,15+,16?. The lowest BCUT2D eigenvalue weighted by Gasteiger charge is -2.20. The van der Waals surface area contributed by atoms with Crippen molar-refractivity contribution in [2.45, 2.75) is 25.8 Å². The van der Waals surface area contributed by atoms with Crippen LogP contribution in [0.1, 0.15) is 28.8 Å². The molecule has 2 aliphatic rings. The van der Waals surface area contributed by atoms with Crippen molar-refractivity contribution in [1.29, 1.82) is 0 Å². The minimum atomic E-state index is 0.0974. The van der Waals surface area contributed by atoms with Crippen molar-refractivity contribution >= 4 is 22.9 Å². The highest BCUT2D eigenvalue weighted by molar-refractivity contribution is 6.02. The summed E-state index contributed by atoms with van der Waals surface area (Å²) in [5, 5.41) is 16.6. The first-order valence-corrected chi connectivity index (χ1v) is 10.8. The van der Waals surface area contributed by atoms with Crippen LogP contribution in [0.15, 0.2) is 40.9 Å². The Labute approximate surface area is 179 Å². The predicted octanol–water partition coefficient (Wildman–Crippen LogP) is 3.33. The summed E-state index contributed by atoms with van der Waals surface area (Å²) in [7, 11) is 1.91. The van der Waals surface area contributed by atoms with E-state index in [4.69, 9.17) is 4.42 Å². The number of nitrogens with zero attached hydrogens (tertiary/aromatic N) is 5. The van der Waals surface area contributed by atoms with Crippen LogP contribution < -0.4 is 5.32 Å². The zero-order valence-electron chi connectivity index (χ0n) is 17.6.